The van der Waals surface area contributed by atoms with E-state index in [-0.39, 0.29) is 5.75 Å². The minimum absolute atomic E-state index is 0.277. The molecule has 0 aliphatic heterocycles. The van der Waals surface area contributed by atoms with Crippen LogP contribution in [0.1, 0.15) is 51.0 Å². The Balaban J connectivity index is 1.81. The van der Waals surface area contributed by atoms with Gasteiger partial charge < -0.3 is 10.1 Å². The fraction of sp³-hybridized carbons (Fsp3) is 0.647. The zero-order valence-electron chi connectivity index (χ0n) is 12.7. The summed E-state index contributed by atoms with van der Waals surface area (Å²) in [7, 11) is 0. The Morgan fingerprint density at radius 2 is 1.90 bits per heavy atom. The topological polar surface area (TPSA) is 21.3 Å². The molecule has 0 radical (unpaired) electrons. The second kappa shape index (κ2) is 8.32. The first-order valence-electron chi connectivity index (χ1n) is 7.95. The molecular formula is C17H25F2NO. The molecule has 1 saturated carbocycles. The van der Waals surface area contributed by atoms with Crippen LogP contribution in [-0.2, 0) is 6.54 Å². The highest BCUT2D eigenvalue weighted by Gasteiger charge is 2.20. The molecule has 21 heavy (non-hydrogen) atoms. The van der Waals surface area contributed by atoms with Crippen LogP contribution in [0.15, 0.2) is 24.3 Å². The Morgan fingerprint density at radius 1 is 1.19 bits per heavy atom. The summed E-state index contributed by atoms with van der Waals surface area (Å²) in [5.41, 5.74) is 0.800. The quantitative estimate of drug-likeness (QED) is 0.785. The molecular weight excluding hydrogens is 272 g/mol. The van der Waals surface area contributed by atoms with Gasteiger partial charge in [-0.05, 0) is 37.7 Å². The molecule has 0 heterocycles. The van der Waals surface area contributed by atoms with E-state index < -0.39 is 6.61 Å². The molecule has 0 saturated heterocycles. The number of ether oxygens (including phenoxy) is 1. The average molecular weight is 297 g/mol. The molecule has 0 atom stereocenters. The van der Waals surface area contributed by atoms with Crippen molar-refractivity contribution in [1.82, 2.24) is 5.32 Å². The van der Waals surface area contributed by atoms with Gasteiger partial charge in [0.2, 0.25) is 0 Å². The molecule has 1 fully saturated rings. The van der Waals surface area contributed by atoms with Gasteiger partial charge in [-0.25, -0.2) is 0 Å². The second-order valence-electron chi connectivity index (χ2n) is 5.87. The predicted molar refractivity (Wildman–Crippen MR) is 80.6 cm³/mol. The van der Waals surface area contributed by atoms with Crippen molar-refractivity contribution in [3.63, 3.8) is 0 Å². The minimum Gasteiger partial charge on any atom is -0.434 e. The molecule has 0 spiro atoms. The molecule has 1 aliphatic carbocycles. The Bertz CT molecular complexity index is 417. The van der Waals surface area contributed by atoms with E-state index in [4.69, 9.17) is 0 Å². The fourth-order valence-electron chi connectivity index (χ4n) is 3.18. The second-order valence-corrected chi connectivity index (χ2v) is 5.87. The van der Waals surface area contributed by atoms with Crippen molar-refractivity contribution < 1.29 is 13.5 Å². The molecule has 1 aromatic carbocycles. The van der Waals surface area contributed by atoms with Crippen LogP contribution in [0.4, 0.5) is 8.78 Å². The van der Waals surface area contributed by atoms with Crippen LogP contribution >= 0.6 is 0 Å². The number of nitrogens with one attached hydrogen (secondary N) is 1. The van der Waals surface area contributed by atoms with Gasteiger partial charge in [0.05, 0.1) is 0 Å². The first-order valence-corrected chi connectivity index (χ1v) is 7.95. The molecule has 1 N–H and O–H groups in total. The molecule has 1 aromatic rings. The SMILES string of the molecule is CCCC1CCC(NCc2ccccc2OC(F)F)CC1. The number of halogens is 2. The first-order chi connectivity index (χ1) is 10.2. The monoisotopic (exact) mass is 297 g/mol. The maximum atomic E-state index is 12.4. The van der Waals surface area contributed by atoms with Crippen molar-refractivity contribution in [3.05, 3.63) is 29.8 Å². The van der Waals surface area contributed by atoms with Crippen LogP contribution in [0.5, 0.6) is 5.75 Å². The van der Waals surface area contributed by atoms with E-state index in [9.17, 15) is 8.78 Å². The van der Waals surface area contributed by atoms with Gasteiger partial charge in [0.25, 0.3) is 0 Å². The zero-order chi connectivity index (χ0) is 15.1. The third-order valence-electron chi connectivity index (χ3n) is 4.31. The predicted octanol–water partition coefficient (Wildman–Crippen LogP) is 4.74. The normalized spacial score (nSPS) is 22.5. The van der Waals surface area contributed by atoms with Crippen molar-refractivity contribution in [1.29, 1.82) is 0 Å². The van der Waals surface area contributed by atoms with E-state index in [0.29, 0.717) is 12.6 Å². The smallest absolute Gasteiger partial charge is 0.387 e. The fourth-order valence-corrected chi connectivity index (χ4v) is 3.18. The van der Waals surface area contributed by atoms with Crippen LogP contribution in [0, 0.1) is 5.92 Å². The zero-order valence-corrected chi connectivity index (χ0v) is 12.7. The van der Waals surface area contributed by atoms with Crippen molar-refractivity contribution in [2.24, 2.45) is 5.92 Å². The number of alkyl halides is 2. The van der Waals surface area contributed by atoms with E-state index in [1.165, 1.54) is 38.5 Å². The Morgan fingerprint density at radius 3 is 2.57 bits per heavy atom. The lowest BCUT2D eigenvalue weighted by atomic mass is 9.83. The van der Waals surface area contributed by atoms with Crippen LogP contribution in [0.25, 0.3) is 0 Å². The third kappa shape index (κ3) is 5.27. The van der Waals surface area contributed by atoms with Crippen molar-refractivity contribution in [2.45, 2.75) is 64.6 Å². The van der Waals surface area contributed by atoms with Gasteiger partial charge in [0, 0.05) is 18.2 Å². The Labute approximate surface area is 125 Å². The number of hydrogen-bond acceptors (Lipinski definition) is 2. The van der Waals surface area contributed by atoms with Crippen LogP contribution < -0.4 is 10.1 Å². The highest BCUT2D eigenvalue weighted by atomic mass is 19.3. The molecule has 0 bridgehead atoms. The van der Waals surface area contributed by atoms with E-state index in [2.05, 4.69) is 17.0 Å². The van der Waals surface area contributed by atoms with Crippen molar-refractivity contribution in [3.8, 4) is 5.75 Å². The molecule has 0 aromatic heterocycles. The molecule has 4 heteroatoms. The minimum atomic E-state index is -2.77. The summed E-state index contributed by atoms with van der Waals surface area (Å²) in [6.45, 7) is 0.0617. The molecule has 2 rings (SSSR count). The number of hydrogen-bond donors (Lipinski definition) is 1. The van der Waals surface area contributed by atoms with Gasteiger partial charge in [-0.2, -0.15) is 8.78 Å². The first kappa shape index (κ1) is 16.2. The van der Waals surface area contributed by atoms with Crippen LogP contribution in [-0.4, -0.2) is 12.7 Å². The summed E-state index contributed by atoms with van der Waals surface area (Å²) in [6.07, 6.45) is 7.52. The number of benzene rings is 1. The highest BCUT2D eigenvalue weighted by molar-refractivity contribution is 5.33. The Hall–Kier alpha value is -1.16. The third-order valence-corrected chi connectivity index (χ3v) is 4.31. The summed E-state index contributed by atoms with van der Waals surface area (Å²) in [5, 5.41) is 3.49. The molecule has 2 nitrogen and oxygen atoms in total. The van der Waals surface area contributed by atoms with E-state index in [1.807, 2.05) is 12.1 Å². The van der Waals surface area contributed by atoms with Gasteiger partial charge >= 0.3 is 6.61 Å². The van der Waals surface area contributed by atoms with Gasteiger partial charge in [0.15, 0.2) is 0 Å². The molecule has 118 valence electrons. The summed E-state index contributed by atoms with van der Waals surface area (Å²) in [5.74, 6) is 1.15. The number of para-hydroxylation sites is 1. The molecule has 0 amide bonds. The standard InChI is InChI=1S/C17H25F2NO/c1-2-5-13-8-10-15(11-9-13)20-12-14-6-3-4-7-16(14)21-17(18)19/h3-4,6-7,13,15,17,20H,2,5,8-12H2,1H3. The summed E-state index contributed by atoms with van der Waals surface area (Å²) >= 11 is 0. The largest absolute Gasteiger partial charge is 0.434 e. The molecule has 0 unspecified atom stereocenters. The van der Waals surface area contributed by atoms with Crippen molar-refractivity contribution >= 4 is 0 Å². The van der Waals surface area contributed by atoms with Crippen LogP contribution in [0.3, 0.4) is 0 Å². The summed E-state index contributed by atoms with van der Waals surface area (Å²) < 4.78 is 29.3. The lowest BCUT2D eigenvalue weighted by Crippen LogP contribution is -2.32. The maximum absolute atomic E-state index is 12.4. The Kier molecular flexibility index (Phi) is 6.43. The molecule has 1 aliphatic rings. The van der Waals surface area contributed by atoms with E-state index in [0.717, 1.165) is 11.5 Å². The number of rotatable bonds is 7. The maximum Gasteiger partial charge on any atom is 0.387 e. The summed E-state index contributed by atoms with van der Waals surface area (Å²) in [6, 6.07) is 7.51. The highest BCUT2D eigenvalue weighted by Crippen LogP contribution is 2.28. The van der Waals surface area contributed by atoms with E-state index in [1.54, 1.807) is 12.1 Å². The van der Waals surface area contributed by atoms with Crippen molar-refractivity contribution in [2.75, 3.05) is 0 Å². The van der Waals surface area contributed by atoms with Gasteiger partial charge in [-0.3, -0.25) is 0 Å². The average Bonchev–Trinajstić information content (AvgIpc) is 2.48. The van der Waals surface area contributed by atoms with Gasteiger partial charge in [-0.15, -0.1) is 0 Å². The van der Waals surface area contributed by atoms with Gasteiger partial charge in [0.1, 0.15) is 5.75 Å². The van der Waals surface area contributed by atoms with Gasteiger partial charge in [-0.1, -0.05) is 38.0 Å². The lowest BCUT2D eigenvalue weighted by molar-refractivity contribution is -0.0505. The van der Waals surface area contributed by atoms with E-state index >= 15 is 0 Å². The lowest BCUT2D eigenvalue weighted by Gasteiger charge is -2.29. The summed E-state index contributed by atoms with van der Waals surface area (Å²) in [4.78, 5) is 0. The van der Waals surface area contributed by atoms with Crippen LogP contribution in [0.2, 0.25) is 0 Å².